The van der Waals surface area contributed by atoms with Crippen LogP contribution in [-0.4, -0.2) is 28.8 Å². The van der Waals surface area contributed by atoms with Crippen LogP contribution in [0.25, 0.3) is 0 Å². The Labute approximate surface area is 193 Å². The molecule has 0 heterocycles. The van der Waals surface area contributed by atoms with Crippen LogP contribution in [-0.2, 0) is 22.6 Å². The number of amides is 2. The van der Waals surface area contributed by atoms with Crippen LogP contribution in [0.1, 0.15) is 44.7 Å². The van der Waals surface area contributed by atoms with Gasteiger partial charge in [-0.2, -0.15) is 0 Å². The van der Waals surface area contributed by atoms with E-state index in [2.05, 4.69) is 5.32 Å². The molecule has 7 heteroatoms. The molecule has 0 aromatic heterocycles. The molecule has 0 radical (unpaired) electrons. The van der Waals surface area contributed by atoms with Gasteiger partial charge in [-0.25, -0.2) is 0 Å². The monoisotopic (exact) mass is 468 g/mol. The van der Waals surface area contributed by atoms with Crippen LogP contribution >= 0.6 is 34.8 Å². The van der Waals surface area contributed by atoms with Crippen molar-refractivity contribution in [2.24, 2.45) is 0 Å². The molecule has 0 saturated heterocycles. The average molecular weight is 470 g/mol. The van der Waals surface area contributed by atoms with Gasteiger partial charge < -0.3 is 10.2 Å². The SMILES string of the molecule is CCC(C)NC(=O)C(CC)N(Cc1ccc(Cl)cc1)C(=O)Cc1ccc(Cl)cc1Cl. The van der Waals surface area contributed by atoms with Crippen LogP contribution in [0, 0.1) is 0 Å². The van der Waals surface area contributed by atoms with Crippen molar-refractivity contribution < 1.29 is 9.59 Å². The standard InChI is InChI=1S/C23H27Cl3N2O2/c1-4-15(3)27-23(30)21(5-2)28(14-16-6-9-18(24)10-7-16)22(29)12-17-8-11-19(25)13-20(17)26/h6-11,13,15,21H,4-5,12,14H2,1-3H3,(H,27,30). The Balaban J connectivity index is 2.31. The first-order chi connectivity index (χ1) is 14.2. The lowest BCUT2D eigenvalue weighted by Gasteiger charge is -2.31. The topological polar surface area (TPSA) is 49.4 Å². The highest BCUT2D eigenvalue weighted by molar-refractivity contribution is 6.35. The number of hydrogen-bond donors (Lipinski definition) is 1. The van der Waals surface area contributed by atoms with Crippen molar-refractivity contribution >= 4 is 46.6 Å². The second kappa shape index (κ2) is 11.6. The van der Waals surface area contributed by atoms with Gasteiger partial charge in [-0.3, -0.25) is 9.59 Å². The molecule has 0 spiro atoms. The van der Waals surface area contributed by atoms with Gasteiger partial charge in [0, 0.05) is 27.7 Å². The molecule has 162 valence electrons. The minimum absolute atomic E-state index is 0.0322. The van der Waals surface area contributed by atoms with Crippen molar-refractivity contribution in [3.8, 4) is 0 Å². The number of carbonyl (C=O) groups is 2. The maximum absolute atomic E-state index is 13.3. The van der Waals surface area contributed by atoms with E-state index in [1.807, 2.05) is 32.9 Å². The lowest BCUT2D eigenvalue weighted by atomic mass is 10.1. The Hall–Kier alpha value is -1.75. The minimum atomic E-state index is -0.590. The van der Waals surface area contributed by atoms with Gasteiger partial charge in [-0.15, -0.1) is 0 Å². The fourth-order valence-corrected chi connectivity index (χ4v) is 3.68. The van der Waals surface area contributed by atoms with E-state index < -0.39 is 6.04 Å². The fourth-order valence-electron chi connectivity index (χ4n) is 3.08. The maximum Gasteiger partial charge on any atom is 0.243 e. The van der Waals surface area contributed by atoms with Crippen LogP contribution in [0.4, 0.5) is 0 Å². The normalized spacial score (nSPS) is 12.9. The third-order valence-electron chi connectivity index (χ3n) is 5.01. The highest BCUT2D eigenvalue weighted by atomic mass is 35.5. The third kappa shape index (κ3) is 6.90. The number of benzene rings is 2. The quantitative estimate of drug-likeness (QED) is 0.496. The molecule has 0 saturated carbocycles. The summed E-state index contributed by atoms with van der Waals surface area (Å²) in [5.74, 6) is -0.336. The van der Waals surface area contributed by atoms with E-state index in [9.17, 15) is 9.59 Å². The molecule has 0 aliphatic heterocycles. The van der Waals surface area contributed by atoms with Crippen LogP contribution in [0.5, 0.6) is 0 Å². The van der Waals surface area contributed by atoms with Crippen molar-refractivity contribution in [3.63, 3.8) is 0 Å². The molecular formula is C23H27Cl3N2O2. The third-order valence-corrected chi connectivity index (χ3v) is 5.85. The molecule has 1 N–H and O–H groups in total. The summed E-state index contributed by atoms with van der Waals surface area (Å²) >= 11 is 18.2. The van der Waals surface area contributed by atoms with Crippen molar-refractivity contribution in [1.29, 1.82) is 0 Å². The van der Waals surface area contributed by atoms with E-state index in [1.165, 1.54) is 0 Å². The van der Waals surface area contributed by atoms with E-state index in [-0.39, 0.29) is 24.3 Å². The van der Waals surface area contributed by atoms with Gasteiger partial charge in [0.05, 0.1) is 6.42 Å². The first kappa shape index (κ1) is 24.5. The smallest absolute Gasteiger partial charge is 0.243 e. The Kier molecular flexibility index (Phi) is 9.47. The van der Waals surface area contributed by atoms with Crippen molar-refractivity contribution in [3.05, 3.63) is 68.7 Å². The predicted molar refractivity (Wildman–Crippen MR) is 124 cm³/mol. The van der Waals surface area contributed by atoms with Crippen LogP contribution in [0.15, 0.2) is 42.5 Å². The van der Waals surface area contributed by atoms with E-state index in [0.717, 1.165) is 12.0 Å². The summed E-state index contributed by atoms with van der Waals surface area (Å²) in [7, 11) is 0. The lowest BCUT2D eigenvalue weighted by Crippen LogP contribution is -2.51. The minimum Gasteiger partial charge on any atom is -0.352 e. The number of halogens is 3. The number of rotatable bonds is 9. The van der Waals surface area contributed by atoms with E-state index in [4.69, 9.17) is 34.8 Å². The van der Waals surface area contributed by atoms with Crippen LogP contribution < -0.4 is 5.32 Å². The molecule has 2 unspecified atom stereocenters. The molecule has 2 aromatic carbocycles. The molecule has 0 fully saturated rings. The summed E-state index contributed by atoms with van der Waals surface area (Å²) in [5.41, 5.74) is 1.56. The molecule has 4 nitrogen and oxygen atoms in total. The Morgan fingerprint density at radius 3 is 2.17 bits per heavy atom. The highest BCUT2D eigenvalue weighted by Crippen LogP contribution is 2.23. The summed E-state index contributed by atoms with van der Waals surface area (Å²) in [4.78, 5) is 27.9. The summed E-state index contributed by atoms with van der Waals surface area (Å²) in [6.45, 7) is 6.15. The number of carbonyl (C=O) groups excluding carboxylic acids is 2. The summed E-state index contributed by atoms with van der Waals surface area (Å²) in [6.07, 6.45) is 1.39. The second-order valence-corrected chi connectivity index (χ2v) is 8.58. The first-order valence-corrected chi connectivity index (χ1v) is 11.2. The second-order valence-electron chi connectivity index (χ2n) is 7.30. The van der Waals surface area contributed by atoms with E-state index >= 15 is 0 Å². The van der Waals surface area contributed by atoms with Gasteiger partial charge in [-0.1, -0.05) is 66.8 Å². The number of nitrogens with zero attached hydrogens (tertiary/aromatic N) is 1. The Morgan fingerprint density at radius 2 is 1.60 bits per heavy atom. The van der Waals surface area contributed by atoms with Gasteiger partial charge >= 0.3 is 0 Å². The first-order valence-electron chi connectivity index (χ1n) is 10.0. The number of nitrogens with one attached hydrogen (secondary N) is 1. The molecule has 0 aliphatic rings. The van der Waals surface area contributed by atoms with Crippen molar-refractivity contribution in [1.82, 2.24) is 10.2 Å². The van der Waals surface area contributed by atoms with Gasteiger partial charge in [-0.05, 0) is 55.2 Å². The van der Waals surface area contributed by atoms with Gasteiger partial charge in [0.1, 0.15) is 6.04 Å². The zero-order valence-corrected chi connectivity index (χ0v) is 19.7. The highest BCUT2D eigenvalue weighted by Gasteiger charge is 2.29. The van der Waals surface area contributed by atoms with E-state index in [1.54, 1.807) is 35.2 Å². The van der Waals surface area contributed by atoms with Gasteiger partial charge in [0.25, 0.3) is 0 Å². The zero-order valence-electron chi connectivity index (χ0n) is 17.4. The van der Waals surface area contributed by atoms with Crippen molar-refractivity contribution in [2.75, 3.05) is 0 Å². The predicted octanol–water partition coefficient (Wildman–Crippen LogP) is 5.91. The molecule has 0 bridgehead atoms. The molecule has 2 aromatic rings. The molecule has 0 aliphatic carbocycles. The summed E-state index contributed by atoms with van der Waals surface area (Å²) in [6, 6.07) is 11.8. The fraction of sp³-hybridized carbons (Fsp3) is 0.391. The molecule has 2 amide bonds. The maximum atomic E-state index is 13.3. The number of hydrogen-bond acceptors (Lipinski definition) is 2. The largest absolute Gasteiger partial charge is 0.352 e. The van der Waals surface area contributed by atoms with Crippen LogP contribution in [0.2, 0.25) is 15.1 Å². The molecule has 2 rings (SSSR count). The van der Waals surface area contributed by atoms with E-state index in [0.29, 0.717) is 33.6 Å². The lowest BCUT2D eigenvalue weighted by molar-refractivity contribution is -0.141. The zero-order chi connectivity index (χ0) is 22.3. The molecular weight excluding hydrogens is 443 g/mol. The summed E-state index contributed by atoms with van der Waals surface area (Å²) in [5, 5.41) is 4.55. The average Bonchev–Trinajstić information content (AvgIpc) is 2.71. The molecule has 2 atom stereocenters. The van der Waals surface area contributed by atoms with Gasteiger partial charge in [0.15, 0.2) is 0 Å². The van der Waals surface area contributed by atoms with Crippen LogP contribution in [0.3, 0.4) is 0 Å². The summed E-state index contributed by atoms with van der Waals surface area (Å²) < 4.78 is 0. The van der Waals surface area contributed by atoms with Crippen molar-refractivity contribution in [2.45, 2.75) is 58.7 Å². The Morgan fingerprint density at radius 1 is 0.967 bits per heavy atom. The molecule has 30 heavy (non-hydrogen) atoms. The van der Waals surface area contributed by atoms with Gasteiger partial charge in [0.2, 0.25) is 11.8 Å². The Bertz CT molecular complexity index is 871.